The SMILES string of the molecule is CC(NS(=O)(=O)c1ccc(C(=O)O)cc1N)c1ncc[nH]1. The summed E-state index contributed by atoms with van der Waals surface area (Å²) >= 11 is 0. The van der Waals surface area contributed by atoms with Crippen molar-refractivity contribution in [3.63, 3.8) is 0 Å². The van der Waals surface area contributed by atoms with Gasteiger partial charge >= 0.3 is 5.97 Å². The van der Waals surface area contributed by atoms with Crippen LogP contribution in [0.1, 0.15) is 29.1 Å². The smallest absolute Gasteiger partial charge is 0.335 e. The fourth-order valence-corrected chi connectivity index (χ4v) is 3.11. The number of carboxylic acids is 1. The normalized spacial score (nSPS) is 13.0. The largest absolute Gasteiger partial charge is 0.478 e. The average molecular weight is 310 g/mol. The molecule has 0 saturated carbocycles. The highest BCUT2D eigenvalue weighted by Gasteiger charge is 2.22. The number of aromatic amines is 1. The van der Waals surface area contributed by atoms with Crippen molar-refractivity contribution >= 4 is 21.7 Å². The maximum absolute atomic E-state index is 12.3. The number of nitrogens with one attached hydrogen (secondary N) is 2. The summed E-state index contributed by atoms with van der Waals surface area (Å²) in [5, 5.41) is 8.84. The maximum Gasteiger partial charge on any atom is 0.335 e. The third-order valence-corrected chi connectivity index (χ3v) is 4.42. The molecule has 2 rings (SSSR count). The molecule has 112 valence electrons. The Morgan fingerprint density at radius 3 is 2.71 bits per heavy atom. The zero-order valence-corrected chi connectivity index (χ0v) is 11.9. The Labute approximate surface area is 121 Å². The zero-order chi connectivity index (χ0) is 15.6. The number of nitrogen functional groups attached to an aromatic ring is 1. The third-order valence-electron chi connectivity index (χ3n) is 2.81. The molecule has 1 unspecified atom stereocenters. The summed E-state index contributed by atoms with van der Waals surface area (Å²) in [6, 6.07) is 2.87. The number of hydrogen-bond donors (Lipinski definition) is 4. The van der Waals surface area contributed by atoms with Crippen molar-refractivity contribution in [1.29, 1.82) is 0 Å². The van der Waals surface area contributed by atoms with E-state index in [1.807, 2.05) is 0 Å². The van der Waals surface area contributed by atoms with Gasteiger partial charge in [0.25, 0.3) is 0 Å². The second kappa shape index (κ2) is 5.54. The van der Waals surface area contributed by atoms with Crippen LogP contribution in [0.3, 0.4) is 0 Å². The summed E-state index contributed by atoms with van der Waals surface area (Å²) in [6.45, 7) is 1.62. The number of aromatic carboxylic acids is 1. The van der Waals surface area contributed by atoms with Crippen LogP contribution in [0, 0.1) is 0 Å². The molecule has 5 N–H and O–H groups in total. The second-order valence-corrected chi connectivity index (χ2v) is 6.06. The van der Waals surface area contributed by atoms with E-state index >= 15 is 0 Å². The van der Waals surface area contributed by atoms with E-state index in [1.165, 1.54) is 12.3 Å². The van der Waals surface area contributed by atoms with Crippen LogP contribution in [0.15, 0.2) is 35.5 Å². The van der Waals surface area contributed by atoms with Gasteiger partial charge in [0.05, 0.1) is 17.3 Å². The summed E-state index contributed by atoms with van der Waals surface area (Å²) in [5.41, 5.74) is 5.43. The summed E-state index contributed by atoms with van der Waals surface area (Å²) in [5.74, 6) is -0.720. The third kappa shape index (κ3) is 3.20. The number of carbonyl (C=O) groups is 1. The second-order valence-electron chi connectivity index (χ2n) is 4.38. The van der Waals surface area contributed by atoms with Crippen LogP contribution in [-0.2, 0) is 10.0 Å². The monoisotopic (exact) mass is 310 g/mol. The first-order valence-corrected chi connectivity index (χ1v) is 7.44. The molecule has 0 spiro atoms. The number of hydrogen-bond acceptors (Lipinski definition) is 5. The number of rotatable bonds is 5. The lowest BCUT2D eigenvalue weighted by atomic mass is 10.2. The van der Waals surface area contributed by atoms with Gasteiger partial charge in [-0.3, -0.25) is 0 Å². The molecule has 0 radical (unpaired) electrons. The topological polar surface area (TPSA) is 138 Å². The summed E-state index contributed by atoms with van der Waals surface area (Å²) in [4.78, 5) is 17.4. The van der Waals surface area contributed by atoms with Gasteiger partial charge in [0.1, 0.15) is 10.7 Å². The van der Waals surface area contributed by atoms with Gasteiger partial charge in [-0.2, -0.15) is 0 Å². The van der Waals surface area contributed by atoms with Crippen LogP contribution in [0.2, 0.25) is 0 Å². The quantitative estimate of drug-likeness (QED) is 0.600. The van der Waals surface area contributed by atoms with E-state index in [0.29, 0.717) is 5.82 Å². The van der Waals surface area contributed by atoms with Gasteiger partial charge < -0.3 is 15.8 Å². The zero-order valence-electron chi connectivity index (χ0n) is 11.1. The highest BCUT2D eigenvalue weighted by molar-refractivity contribution is 7.89. The van der Waals surface area contributed by atoms with E-state index in [9.17, 15) is 13.2 Å². The number of nitrogens with zero attached hydrogens (tertiary/aromatic N) is 1. The molecule has 1 aromatic heterocycles. The van der Waals surface area contributed by atoms with Crippen molar-refractivity contribution < 1.29 is 18.3 Å². The van der Waals surface area contributed by atoms with Gasteiger partial charge in [-0.15, -0.1) is 0 Å². The number of anilines is 1. The Balaban J connectivity index is 2.29. The van der Waals surface area contributed by atoms with E-state index in [1.54, 1.807) is 13.1 Å². The number of aromatic nitrogens is 2. The Hall–Kier alpha value is -2.39. The Kier molecular flexibility index (Phi) is 3.96. The summed E-state index contributed by atoms with van der Waals surface area (Å²) in [7, 11) is -3.89. The molecule has 2 aromatic rings. The molecule has 1 atom stereocenters. The minimum absolute atomic E-state index is 0.0782. The van der Waals surface area contributed by atoms with Gasteiger partial charge in [-0.1, -0.05) is 0 Å². The van der Waals surface area contributed by atoms with Crippen LogP contribution in [0.5, 0.6) is 0 Å². The Bertz CT molecular complexity index is 756. The lowest BCUT2D eigenvalue weighted by Gasteiger charge is -2.13. The molecule has 0 aliphatic heterocycles. The van der Waals surface area contributed by atoms with Gasteiger partial charge in [-0.05, 0) is 25.1 Å². The molecule has 0 bridgehead atoms. The van der Waals surface area contributed by atoms with Crippen molar-refractivity contribution in [2.24, 2.45) is 0 Å². The number of nitrogens with two attached hydrogens (primary N) is 1. The lowest BCUT2D eigenvalue weighted by Crippen LogP contribution is -2.28. The number of imidazole rings is 1. The molecular weight excluding hydrogens is 296 g/mol. The first kappa shape index (κ1) is 15.0. The van der Waals surface area contributed by atoms with Crippen LogP contribution >= 0.6 is 0 Å². The van der Waals surface area contributed by atoms with Gasteiger partial charge in [0.2, 0.25) is 10.0 Å². The lowest BCUT2D eigenvalue weighted by molar-refractivity contribution is 0.0697. The minimum atomic E-state index is -3.89. The molecule has 0 aliphatic rings. The summed E-state index contributed by atoms with van der Waals surface area (Å²) in [6.07, 6.45) is 3.09. The standard InChI is InChI=1S/C12H14N4O4S/c1-7(11-14-4-5-15-11)16-21(19,20)10-3-2-8(12(17)18)6-9(10)13/h2-7,16H,13H2,1H3,(H,14,15)(H,17,18). The molecule has 21 heavy (non-hydrogen) atoms. The van der Waals surface area contributed by atoms with Crippen molar-refractivity contribution in [1.82, 2.24) is 14.7 Å². The van der Waals surface area contributed by atoms with Crippen molar-refractivity contribution in [2.45, 2.75) is 17.9 Å². The van der Waals surface area contributed by atoms with Gasteiger partial charge in [-0.25, -0.2) is 22.9 Å². The molecule has 0 saturated heterocycles. The van der Waals surface area contributed by atoms with E-state index in [0.717, 1.165) is 12.1 Å². The maximum atomic E-state index is 12.3. The van der Waals surface area contributed by atoms with Crippen LogP contribution in [0.4, 0.5) is 5.69 Å². The Morgan fingerprint density at radius 1 is 1.48 bits per heavy atom. The van der Waals surface area contributed by atoms with E-state index in [2.05, 4.69) is 14.7 Å². The molecule has 1 aromatic carbocycles. The molecule has 8 nitrogen and oxygen atoms in total. The van der Waals surface area contributed by atoms with E-state index in [4.69, 9.17) is 10.8 Å². The number of benzene rings is 1. The van der Waals surface area contributed by atoms with Gasteiger partial charge in [0, 0.05) is 12.4 Å². The minimum Gasteiger partial charge on any atom is -0.478 e. The predicted molar refractivity (Wildman–Crippen MR) is 75.1 cm³/mol. The molecule has 1 heterocycles. The highest BCUT2D eigenvalue weighted by Crippen LogP contribution is 2.21. The number of H-pyrrole nitrogens is 1. The summed E-state index contributed by atoms with van der Waals surface area (Å²) < 4.78 is 26.9. The van der Waals surface area contributed by atoms with Crippen molar-refractivity contribution in [3.8, 4) is 0 Å². The van der Waals surface area contributed by atoms with Crippen LogP contribution < -0.4 is 10.5 Å². The van der Waals surface area contributed by atoms with Crippen LogP contribution in [-0.4, -0.2) is 29.5 Å². The molecule has 0 fully saturated rings. The van der Waals surface area contributed by atoms with E-state index in [-0.39, 0.29) is 16.1 Å². The van der Waals surface area contributed by atoms with Crippen LogP contribution in [0.25, 0.3) is 0 Å². The predicted octanol–water partition coefficient (Wildman–Crippen LogP) is 0.730. The Morgan fingerprint density at radius 2 is 2.19 bits per heavy atom. The first-order chi connectivity index (χ1) is 9.81. The number of carboxylic acid groups (broad SMARTS) is 1. The fraction of sp³-hybridized carbons (Fsp3) is 0.167. The fourth-order valence-electron chi connectivity index (χ4n) is 1.79. The molecule has 9 heteroatoms. The van der Waals surface area contributed by atoms with Crippen molar-refractivity contribution in [3.05, 3.63) is 42.0 Å². The molecule has 0 amide bonds. The number of sulfonamides is 1. The molecular formula is C12H14N4O4S. The molecule has 0 aliphatic carbocycles. The van der Waals surface area contributed by atoms with Gasteiger partial charge in [0.15, 0.2) is 0 Å². The van der Waals surface area contributed by atoms with Crippen molar-refractivity contribution in [2.75, 3.05) is 5.73 Å². The average Bonchev–Trinajstić information content (AvgIpc) is 2.91. The highest BCUT2D eigenvalue weighted by atomic mass is 32.2. The van der Waals surface area contributed by atoms with E-state index < -0.39 is 22.0 Å². The first-order valence-electron chi connectivity index (χ1n) is 5.95.